The summed E-state index contributed by atoms with van der Waals surface area (Å²) in [5.41, 5.74) is 0.777. The molecule has 2 heterocycles. The Kier molecular flexibility index (Phi) is 3.43. The van der Waals surface area contributed by atoms with E-state index in [0.29, 0.717) is 23.5 Å². The maximum absolute atomic E-state index is 12.4. The summed E-state index contributed by atoms with van der Waals surface area (Å²) in [5, 5.41) is 0. The molecule has 21 heavy (non-hydrogen) atoms. The van der Waals surface area contributed by atoms with E-state index in [2.05, 4.69) is 15.0 Å². The van der Waals surface area contributed by atoms with Crippen LogP contribution >= 0.6 is 0 Å². The highest BCUT2D eigenvalue weighted by atomic mass is 16.2. The first kappa shape index (κ1) is 13.4. The number of nitrogens with one attached hydrogen (secondary N) is 2. The van der Waals surface area contributed by atoms with Gasteiger partial charge in [0, 0.05) is 12.1 Å². The lowest BCUT2D eigenvalue weighted by atomic mass is 10.2. The molecule has 3 rings (SSSR count). The molecule has 0 atom stereocenters. The SMILES string of the molecule is CCCCn1c(=O)[nH]c2nc(-c3ccccc3)[nH]c2c1=O. The van der Waals surface area contributed by atoms with Crippen molar-refractivity contribution in [2.75, 3.05) is 0 Å². The third-order valence-electron chi connectivity index (χ3n) is 3.42. The fourth-order valence-electron chi connectivity index (χ4n) is 2.27. The van der Waals surface area contributed by atoms with Gasteiger partial charge in [0.2, 0.25) is 0 Å². The molecule has 0 saturated carbocycles. The number of aromatic amines is 2. The molecule has 0 aliphatic carbocycles. The van der Waals surface area contributed by atoms with Crippen molar-refractivity contribution in [2.24, 2.45) is 0 Å². The van der Waals surface area contributed by atoms with E-state index in [-0.39, 0.29) is 5.56 Å². The second-order valence-electron chi connectivity index (χ2n) is 4.92. The number of benzene rings is 1. The lowest BCUT2D eigenvalue weighted by molar-refractivity contribution is 0.588. The highest BCUT2D eigenvalue weighted by molar-refractivity contribution is 5.74. The van der Waals surface area contributed by atoms with E-state index in [1.165, 1.54) is 4.57 Å². The van der Waals surface area contributed by atoms with Gasteiger partial charge < -0.3 is 4.98 Å². The standard InChI is InChI=1S/C15H16N4O2/c1-2-3-9-19-14(20)11-13(18-15(19)21)17-12(16-11)10-7-5-4-6-8-10/h4-8H,2-3,9H2,1H3,(H,16,17)(H,18,21). The van der Waals surface area contributed by atoms with Gasteiger partial charge >= 0.3 is 5.69 Å². The molecule has 2 N–H and O–H groups in total. The zero-order valence-corrected chi connectivity index (χ0v) is 11.7. The van der Waals surface area contributed by atoms with E-state index in [1.54, 1.807) is 0 Å². The summed E-state index contributed by atoms with van der Waals surface area (Å²) in [7, 11) is 0. The maximum atomic E-state index is 12.4. The third kappa shape index (κ3) is 2.40. The van der Waals surface area contributed by atoms with Crippen LogP contribution in [0.2, 0.25) is 0 Å². The van der Waals surface area contributed by atoms with E-state index >= 15 is 0 Å². The summed E-state index contributed by atoms with van der Waals surface area (Å²) in [4.78, 5) is 34.3. The smallest absolute Gasteiger partial charge is 0.330 e. The Labute approximate surface area is 120 Å². The maximum Gasteiger partial charge on any atom is 0.330 e. The lowest BCUT2D eigenvalue weighted by Crippen LogP contribution is -2.35. The molecule has 0 bridgehead atoms. The molecule has 0 amide bonds. The first-order valence-corrected chi connectivity index (χ1v) is 6.99. The molecule has 0 fully saturated rings. The van der Waals surface area contributed by atoms with Gasteiger partial charge in [-0.15, -0.1) is 0 Å². The molecular weight excluding hydrogens is 268 g/mol. The van der Waals surface area contributed by atoms with Gasteiger partial charge in [-0.05, 0) is 6.42 Å². The molecule has 3 aromatic rings. The van der Waals surface area contributed by atoms with Crippen LogP contribution in [0.5, 0.6) is 0 Å². The Balaban J connectivity index is 2.16. The summed E-state index contributed by atoms with van der Waals surface area (Å²) in [6, 6.07) is 9.48. The summed E-state index contributed by atoms with van der Waals surface area (Å²) in [5.74, 6) is 0.576. The summed E-state index contributed by atoms with van der Waals surface area (Å²) < 4.78 is 1.22. The van der Waals surface area contributed by atoms with Gasteiger partial charge in [-0.1, -0.05) is 43.7 Å². The Morgan fingerprint density at radius 2 is 1.90 bits per heavy atom. The second-order valence-corrected chi connectivity index (χ2v) is 4.92. The van der Waals surface area contributed by atoms with E-state index in [1.807, 2.05) is 37.3 Å². The molecule has 0 spiro atoms. The van der Waals surface area contributed by atoms with E-state index in [4.69, 9.17) is 0 Å². The topological polar surface area (TPSA) is 83.5 Å². The number of H-pyrrole nitrogens is 2. The number of hydrogen-bond acceptors (Lipinski definition) is 3. The van der Waals surface area contributed by atoms with Gasteiger partial charge in [0.25, 0.3) is 5.56 Å². The minimum atomic E-state index is -0.410. The minimum absolute atomic E-state index is 0.302. The van der Waals surface area contributed by atoms with Gasteiger partial charge in [0.1, 0.15) is 11.3 Å². The predicted molar refractivity (Wildman–Crippen MR) is 81.3 cm³/mol. The molecule has 0 unspecified atom stereocenters. The Morgan fingerprint density at radius 3 is 2.62 bits per heavy atom. The van der Waals surface area contributed by atoms with Crippen LogP contribution in [0.3, 0.4) is 0 Å². The molecule has 1 aromatic carbocycles. The van der Waals surface area contributed by atoms with E-state index in [9.17, 15) is 9.59 Å². The van der Waals surface area contributed by atoms with Crippen LogP contribution in [0.1, 0.15) is 19.8 Å². The number of rotatable bonds is 4. The van der Waals surface area contributed by atoms with Crippen LogP contribution in [0, 0.1) is 0 Å². The van der Waals surface area contributed by atoms with Crippen LogP contribution in [0.4, 0.5) is 0 Å². The normalized spacial score (nSPS) is 11.1. The number of hydrogen-bond donors (Lipinski definition) is 2. The Morgan fingerprint density at radius 1 is 1.14 bits per heavy atom. The predicted octanol–water partition coefficient (Wildman–Crippen LogP) is 1.88. The van der Waals surface area contributed by atoms with Gasteiger partial charge in [-0.3, -0.25) is 14.3 Å². The van der Waals surface area contributed by atoms with Crippen molar-refractivity contribution in [1.29, 1.82) is 0 Å². The highest BCUT2D eigenvalue weighted by Crippen LogP contribution is 2.16. The summed E-state index contributed by atoms with van der Waals surface area (Å²) >= 11 is 0. The molecule has 108 valence electrons. The molecule has 0 aliphatic heterocycles. The average molecular weight is 284 g/mol. The first-order valence-electron chi connectivity index (χ1n) is 6.99. The number of nitrogens with zero attached hydrogens (tertiary/aromatic N) is 2. The molecule has 6 heteroatoms. The zero-order chi connectivity index (χ0) is 14.8. The lowest BCUT2D eigenvalue weighted by Gasteiger charge is -2.01. The molecule has 0 saturated heterocycles. The van der Waals surface area contributed by atoms with Crippen LogP contribution in [-0.4, -0.2) is 19.5 Å². The molecular formula is C15H16N4O2. The second kappa shape index (κ2) is 5.40. The quantitative estimate of drug-likeness (QED) is 0.767. The third-order valence-corrected chi connectivity index (χ3v) is 3.42. The number of imidazole rings is 1. The largest absolute Gasteiger partial charge is 0.332 e. The van der Waals surface area contributed by atoms with Gasteiger partial charge in [0.15, 0.2) is 5.65 Å². The average Bonchev–Trinajstić information content (AvgIpc) is 2.92. The summed E-state index contributed by atoms with van der Waals surface area (Å²) in [6.45, 7) is 2.43. The Hall–Kier alpha value is -2.63. The number of fused-ring (bicyclic) bond motifs is 1. The molecule has 0 aliphatic rings. The fraction of sp³-hybridized carbons (Fsp3) is 0.267. The van der Waals surface area contributed by atoms with Gasteiger partial charge in [0.05, 0.1) is 0 Å². The van der Waals surface area contributed by atoms with Crippen molar-refractivity contribution in [2.45, 2.75) is 26.3 Å². The van der Waals surface area contributed by atoms with Gasteiger partial charge in [-0.2, -0.15) is 0 Å². The van der Waals surface area contributed by atoms with E-state index in [0.717, 1.165) is 18.4 Å². The monoisotopic (exact) mass is 284 g/mol. The molecule has 2 aromatic heterocycles. The van der Waals surface area contributed by atoms with Gasteiger partial charge in [-0.25, -0.2) is 9.78 Å². The van der Waals surface area contributed by atoms with Crippen molar-refractivity contribution in [3.8, 4) is 11.4 Å². The minimum Gasteiger partial charge on any atom is -0.332 e. The van der Waals surface area contributed by atoms with Crippen LogP contribution < -0.4 is 11.2 Å². The van der Waals surface area contributed by atoms with Crippen molar-refractivity contribution < 1.29 is 0 Å². The van der Waals surface area contributed by atoms with Crippen LogP contribution in [-0.2, 0) is 6.54 Å². The summed E-state index contributed by atoms with van der Waals surface area (Å²) in [6.07, 6.45) is 1.70. The number of unbranched alkanes of at least 4 members (excludes halogenated alkanes) is 1. The van der Waals surface area contributed by atoms with Crippen LogP contribution in [0.25, 0.3) is 22.6 Å². The molecule has 0 radical (unpaired) electrons. The van der Waals surface area contributed by atoms with E-state index < -0.39 is 5.69 Å². The molecule has 6 nitrogen and oxygen atoms in total. The number of aromatic nitrogens is 4. The zero-order valence-electron chi connectivity index (χ0n) is 11.7. The Bertz CT molecular complexity index is 874. The highest BCUT2D eigenvalue weighted by Gasteiger charge is 2.12. The van der Waals surface area contributed by atoms with Crippen molar-refractivity contribution >= 4 is 11.2 Å². The first-order chi connectivity index (χ1) is 10.2. The van der Waals surface area contributed by atoms with Crippen molar-refractivity contribution in [3.63, 3.8) is 0 Å². The van der Waals surface area contributed by atoms with Crippen molar-refractivity contribution in [1.82, 2.24) is 19.5 Å². The fourth-order valence-corrected chi connectivity index (χ4v) is 2.27. The van der Waals surface area contributed by atoms with Crippen molar-refractivity contribution in [3.05, 3.63) is 51.2 Å². The van der Waals surface area contributed by atoms with Crippen LogP contribution in [0.15, 0.2) is 39.9 Å².